The van der Waals surface area contributed by atoms with Gasteiger partial charge in [-0.05, 0) is 24.8 Å². The van der Waals surface area contributed by atoms with Crippen molar-refractivity contribution in [3.63, 3.8) is 0 Å². The van der Waals surface area contributed by atoms with Gasteiger partial charge in [-0.2, -0.15) is 0 Å². The molecular formula is C17H19N7. The lowest BCUT2D eigenvalue weighted by Gasteiger charge is -2.15. The summed E-state index contributed by atoms with van der Waals surface area (Å²) in [6, 6.07) is 1.84. The molecule has 0 saturated carbocycles. The van der Waals surface area contributed by atoms with Crippen molar-refractivity contribution in [1.82, 2.24) is 29.5 Å². The molecule has 7 nitrogen and oxygen atoms in total. The van der Waals surface area contributed by atoms with E-state index in [1.165, 1.54) is 0 Å². The topological polar surface area (TPSA) is 72.6 Å². The van der Waals surface area contributed by atoms with E-state index in [1.807, 2.05) is 30.1 Å². The van der Waals surface area contributed by atoms with Crippen molar-refractivity contribution in [2.75, 3.05) is 18.0 Å². The molecule has 1 aliphatic heterocycles. The van der Waals surface area contributed by atoms with Crippen molar-refractivity contribution in [3.8, 4) is 11.4 Å². The summed E-state index contributed by atoms with van der Waals surface area (Å²) in [6.07, 6.45) is 12.9. The number of aromatic nitrogens is 6. The molecule has 0 radical (unpaired) electrons. The summed E-state index contributed by atoms with van der Waals surface area (Å²) in [4.78, 5) is 24.2. The lowest BCUT2D eigenvalue weighted by molar-refractivity contribution is 0.575. The Kier molecular flexibility index (Phi) is 3.90. The molecule has 1 atom stereocenters. The molecule has 122 valence electrons. The van der Waals surface area contributed by atoms with Gasteiger partial charge in [-0.25, -0.2) is 19.9 Å². The molecule has 3 aromatic heterocycles. The molecule has 1 aliphatic rings. The highest BCUT2D eigenvalue weighted by Gasteiger charge is 2.25. The molecule has 0 spiro atoms. The monoisotopic (exact) mass is 321 g/mol. The lowest BCUT2D eigenvalue weighted by Crippen LogP contribution is -2.22. The maximum atomic E-state index is 4.76. The molecule has 3 aromatic rings. The Morgan fingerprint density at radius 1 is 1.12 bits per heavy atom. The van der Waals surface area contributed by atoms with E-state index >= 15 is 0 Å². The Bertz CT molecular complexity index is 815. The molecule has 0 bridgehead atoms. The zero-order valence-corrected chi connectivity index (χ0v) is 13.6. The normalized spacial score (nSPS) is 17.4. The van der Waals surface area contributed by atoms with Crippen LogP contribution >= 0.6 is 0 Å². The number of aryl methyl sites for hydroxylation is 1. The van der Waals surface area contributed by atoms with Crippen LogP contribution in [0.3, 0.4) is 0 Å². The molecular weight excluding hydrogens is 302 g/mol. The fourth-order valence-corrected chi connectivity index (χ4v) is 3.16. The molecule has 4 rings (SSSR count). The standard InChI is InChI=1S/C17H19N7/c1-23-12-19-10-16(23)15-9-18-8-14(22-15)7-13-3-6-24(11-13)17-20-4-2-5-21-17/h2,4-5,8-10,12-13H,3,6-7,11H2,1H3/t13-/m0/s1. The van der Waals surface area contributed by atoms with Crippen LogP contribution in [0.15, 0.2) is 43.4 Å². The Hall–Kier alpha value is -2.83. The smallest absolute Gasteiger partial charge is 0.225 e. The predicted molar refractivity (Wildman–Crippen MR) is 90.3 cm³/mol. The van der Waals surface area contributed by atoms with Gasteiger partial charge in [-0.3, -0.25) is 4.98 Å². The SMILES string of the molecule is Cn1cncc1-c1cncc(C[C@@H]2CCN(c3ncccn3)C2)n1. The highest BCUT2D eigenvalue weighted by Crippen LogP contribution is 2.23. The fraction of sp³-hybridized carbons (Fsp3) is 0.353. The van der Waals surface area contributed by atoms with Gasteiger partial charge in [0.05, 0.1) is 30.1 Å². The van der Waals surface area contributed by atoms with E-state index in [9.17, 15) is 0 Å². The Morgan fingerprint density at radius 2 is 2.00 bits per heavy atom. The first-order valence-corrected chi connectivity index (χ1v) is 8.09. The molecule has 4 heterocycles. The van der Waals surface area contributed by atoms with Crippen LogP contribution in [0, 0.1) is 5.92 Å². The molecule has 1 fully saturated rings. The van der Waals surface area contributed by atoms with Crippen molar-refractivity contribution < 1.29 is 0 Å². The second-order valence-electron chi connectivity index (χ2n) is 6.14. The maximum Gasteiger partial charge on any atom is 0.225 e. The molecule has 7 heteroatoms. The number of anilines is 1. The number of hydrogen-bond donors (Lipinski definition) is 0. The maximum absolute atomic E-state index is 4.76. The van der Waals surface area contributed by atoms with Crippen LogP contribution in [0.1, 0.15) is 12.1 Å². The van der Waals surface area contributed by atoms with Crippen LogP contribution in [-0.4, -0.2) is 42.6 Å². The summed E-state index contributed by atoms with van der Waals surface area (Å²) in [5, 5.41) is 0. The highest BCUT2D eigenvalue weighted by atomic mass is 15.3. The first-order valence-electron chi connectivity index (χ1n) is 8.09. The zero-order chi connectivity index (χ0) is 16.4. The summed E-state index contributed by atoms with van der Waals surface area (Å²) >= 11 is 0. The molecule has 0 aromatic carbocycles. The van der Waals surface area contributed by atoms with Gasteiger partial charge in [0, 0.05) is 38.7 Å². The highest BCUT2D eigenvalue weighted by molar-refractivity contribution is 5.52. The van der Waals surface area contributed by atoms with Gasteiger partial charge in [0.15, 0.2) is 0 Å². The van der Waals surface area contributed by atoms with Gasteiger partial charge >= 0.3 is 0 Å². The van der Waals surface area contributed by atoms with E-state index in [2.05, 4.69) is 24.8 Å². The van der Waals surface area contributed by atoms with Gasteiger partial charge in [0.25, 0.3) is 0 Å². The van der Waals surface area contributed by atoms with Crippen molar-refractivity contribution >= 4 is 5.95 Å². The van der Waals surface area contributed by atoms with Crippen LogP contribution < -0.4 is 4.90 Å². The largest absolute Gasteiger partial charge is 0.341 e. The Labute approximate surface area is 140 Å². The summed E-state index contributed by atoms with van der Waals surface area (Å²) in [5.74, 6) is 1.36. The first-order chi connectivity index (χ1) is 11.8. The Morgan fingerprint density at radius 3 is 2.79 bits per heavy atom. The third kappa shape index (κ3) is 2.97. The zero-order valence-electron chi connectivity index (χ0n) is 13.6. The minimum absolute atomic E-state index is 0.546. The third-order valence-electron chi connectivity index (χ3n) is 4.38. The summed E-state index contributed by atoms with van der Waals surface area (Å²) < 4.78 is 1.96. The van der Waals surface area contributed by atoms with E-state index < -0.39 is 0 Å². The van der Waals surface area contributed by atoms with Gasteiger partial charge < -0.3 is 9.47 Å². The minimum atomic E-state index is 0.546. The summed E-state index contributed by atoms with van der Waals surface area (Å²) in [5.41, 5.74) is 2.87. The van der Waals surface area contributed by atoms with Crippen molar-refractivity contribution in [1.29, 1.82) is 0 Å². The predicted octanol–water partition coefficient (Wildman–Crippen LogP) is 1.74. The molecule has 24 heavy (non-hydrogen) atoms. The van der Waals surface area contributed by atoms with E-state index in [0.29, 0.717) is 5.92 Å². The lowest BCUT2D eigenvalue weighted by atomic mass is 10.0. The van der Waals surface area contributed by atoms with Crippen molar-refractivity contribution in [3.05, 3.63) is 49.1 Å². The number of rotatable bonds is 4. The molecule has 0 amide bonds. The fourth-order valence-electron chi connectivity index (χ4n) is 3.16. The first kappa shape index (κ1) is 14.7. The second-order valence-corrected chi connectivity index (χ2v) is 6.14. The number of nitrogens with zero attached hydrogens (tertiary/aromatic N) is 7. The quantitative estimate of drug-likeness (QED) is 0.729. The third-order valence-corrected chi connectivity index (χ3v) is 4.38. The van der Waals surface area contributed by atoms with E-state index in [1.54, 1.807) is 24.9 Å². The average molecular weight is 321 g/mol. The van der Waals surface area contributed by atoms with Crippen LogP contribution in [0.5, 0.6) is 0 Å². The van der Waals surface area contributed by atoms with Crippen LogP contribution in [-0.2, 0) is 13.5 Å². The second kappa shape index (κ2) is 6.35. The number of hydrogen-bond acceptors (Lipinski definition) is 6. The minimum Gasteiger partial charge on any atom is -0.341 e. The average Bonchev–Trinajstić information content (AvgIpc) is 3.25. The Balaban J connectivity index is 1.46. The summed E-state index contributed by atoms with van der Waals surface area (Å²) in [7, 11) is 1.96. The van der Waals surface area contributed by atoms with E-state index in [-0.39, 0.29) is 0 Å². The van der Waals surface area contributed by atoms with Crippen molar-refractivity contribution in [2.45, 2.75) is 12.8 Å². The van der Waals surface area contributed by atoms with E-state index in [0.717, 1.165) is 49.0 Å². The van der Waals surface area contributed by atoms with Crippen LogP contribution in [0.4, 0.5) is 5.95 Å². The van der Waals surface area contributed by atoms with Gasteiger partial charge in [0.1, 0.15) is 5.69 Å². The van der Waals surface area contributed by atoms with Gasteiger partial charge in [0.2, 0.25) is 5.95 Å². The van der Waals surface area contributed by atoms with Crippen LogP contribution in [0.25, 0.3) is 11.4 Å². The molecule has 0 aliphatic carbocycles. The van der Waals surface area contributed by atoms with Crippen molar-refractivity contribution in [2.24, 2.45) is 13.0 Å². The van der Waals surface area contributed by atoms with Gasteiger partial charge in [-0.15, -0.1) is 0 Å². The van der Waals surface area contributed by atoms with Gasteiger partial charge in [-0.1, -0.05) is 0 Å². The molecule has 0 unspecified atom stereocenters. The van der Waals surface area contributed by atoms with Crippen LogP contribution in [0.2, 0.25) is 0 Å². The van der Waals surface area contributed by atoms with E-state index in [4.69, 9.17) is 4.98 Å². The summed E-state index contributed by atoms with van der Waals surface area (Å²) in [6.45, 7) is 1.95. The number of imidazole rings is 1. The molecule has 1 saturated heterocycles. The molecule has 0 N–H and O–H groups in total.